The average molecular weight is 233 g/mol. The second-order valence-corrected chi connectivity index (χ2v) is 4.28. The molecule has 0 bridgehead atoms. The van der Waals surface area contributed by atoms with Crippen LogP contribution in [-0.2, 0) is 19.6 Å². The minimum Gasteiger partial charge on any atom is -0.465 e. The third-order valence-electron chi connectivity index (χ3n) is 1.47. The van der Waals surface area contributed by atoms with Gasteiger partial charge in [-0.05, 0) is 6.92 Å². The van der Waals surface area contributed by atoms with Gasteiger partial charge in [-0.3, -0.25) is 4.79 Å². The van der Waals surface area contributed by atoms with Crippen molar-refractivity contribution in [3.63, 3.8) is 0 Å². The topological polar surface area (TPSA) is 101 Å². The van der Waals surface area contributed by atoms with Gasteiger partial charge >= 0.3 is 5.97 Å². The molecule has 84 valence electrons. The van der Waals surface area contributed by atoms with E-state index in [1.165, 1.54) is 6.33 Å². The SMILES string of the molecule is CCOC(=O)CNS(=O)(=O)c1cnc[nH]1. The highest BCUT2D eigenvalue weighted by atomic mass is 32.2. The molecule has 15 heavy (non-hydrogen) atoms. The number of aromatic nitrogens is 2. The van der Waals surface area contributed by atoms with E-state index in [1.54, 1.807) is 6.92 Å². The molecular formula is C7H11N3O4S. The van der Waals surface area contributed by atoms with Crippen molar-refractivity contribution in [2.75, 3.05) is 13.2 Å². The summed E-state index contributed by atoms with van der Waals surface area (Å²) in [5.74, 6) is -0.624. The van der Waals surface area contributed by atoms with Gasteiger partial charge in [-0.2, -0.15) is 4.72 Å². The van der Waals surface area contributed by atoms with E-state index in [1.807, 2.05) is 0 Å². The van der Waals surface area contributed by atoms with Gasteiger partial charge in [0.15, 0.2) is 5.03 Å². The molecule has 0 saturated heterocycles. The maximum absolute atomic E-state index is 11.4. The van der Waals surface area contributed by atoms with Crippen LogP contribution >= 0.6 is 0 Å². The van der Waals surface area contributed by atoms with Gasteiger partial charge in [-0.1, -0.05) is 0 Å². The Morgan fingerprint density at radius 3 is 2.93 bits per heavy atom. The van der Waals surface area contributed by atoms with Crippen LogP contribution < -0.4 is 4.72 Å². The van der Waals surface area contributed by atoms with Crippen molar-refractivity contribution >= 4 is 16.0 Å². The summed E-state index contributed by atoms with van der Waals surface area (Å²) in [7, 11) is -3.70. The molecule has 1 aromatic rings. The second kappa shape index (κ2) is 4.89. The monoisotopic (exact) mass is 233 g/mol. The van der Waals surface area contributed by atoms with Gasteiger partial charge in [0.25, 0.3) is 10.0 Å². The number of H-pyrrole nitrogens is 1. The molecule has 1 rings (SSSR count). The van der Waals surface area contributed by atoms with Gasteiger partial charge < -0.3 is 9.72 Å². The fourth-order valence-corrected chi connectivity index (χ4v) is 1.70. The molecule has 0 fully saturated rings. The highest BCUT2D eigenvalue weighted by Gasteiger charge is 2.16. The fourth-order valence-electron chi connectivity index (χ4n) is 0.834. The first kappa shape index (κ1) is 11.7. The lowest BCUT2D eigenvalue weighted by Crippen LogP contribution is -2.30. The molecule has 7 nitrogen and oxygen atoms in total. The Balaban J connectivity index is 2.55. The zero-order valence-corrected chi connectivity index (χ0v) is 8.87. The van der Waals surface area contributed by atoms with Crippen LogP contribution in [0.2, 0.25) is 0 Å². The van der Waals surface area contributed by atoms with Crippen molar-refractivity contribution in [2.24, 2.45) is 0 Å². The smallest absolute Gasteiger partial charge is 0.321 e. The molecule has 0 amide bonds. The number of aromatic amines is 1. The number of nitrogens with one attached hydrogen (secondary N) is 2. The molecular weight excluding hydrogens is 222 g/mol. The number of rotatable bonds is 5. The minimum atomic E-state index is -3.70. The zero-order valence-electron chi connectivity index (χ0n) is 8.06. The van der Waals surface area contributed by atoms with Gasteiger partial charge in [0.2, 0.25) is 0 Å². The molecule has 0 aromatic carbocycles. The summed E-state index contributed by atoms with van der Waals surface area (Å²) in [6, 6.07) is 0. The van der Waals surface area contributed by atoms with Crippen LogP contribution in [0.15, 0.2) is 17.6 Å². The summed E-state index contributed by atoms with van der Waals surface area (Å²) in [5, 5.41) is -0.0909. The number of esters is 1. The number of nitrogens with zero attached hydrogens (tertiary/aromatic N) is 1. The quantitative estimate of drug-likeness (QED) is 0.652. The van der Waals surface area contributed by atoms with E-state index in [9.17, 15) is 13.2 Å². The minimum absolute atomic E-state index is 0.0909. The van der Waals surface area contributed by atoms with Gasteiger partial charge in [0.05, 0.1) is 19.1 Å². The second-order valence-electron chi connectivity index (χ2n) is 2.55. The molecule has 0 atom stereocenters. The van der Waals surface area contributed by atoms with E-state index < -0.39 is 22.5 Å². The van der Waals surface area contributed by atoms with Crippen molar-refractivity contribution in [2.45, 2.75) is 11.9 Å². The standard InChI is InChI=1S/C7H11N3O4S/c1-2-14-7(11)4-10-15(12,13)6-3-8-5-9-6/h3,5,10H,2,4H2,1H3,(H,8,9). The van der Waals surface area contributed by atoms with Crippen molar-refractivity contribution in [1.29, 1.82) is 0 Å². The van der Waals surface area contributed by atoms with E-state index in [4.69, 9.17) is 0 Å². The van der Waals surface area contributed by atoms with Crippen LogP contribution in [-0.4, -0.2) is 37.5 Å². The molecule has 0 aliphatic carbocycles. The summed E-state index contributed by atoms with van der Waals surface area (Å²) in [6.07, 6.45) is 2.38. The van der Waals surface area contributed by atoms with Crippen molar-refractivity contribution in [1.82, 2.24) is 14.7 Å². The van der Waals surface area contributed by atoms with Gasteiger partial charge in [-0.25, -0.2) is 13.4 Å². The van der Waals surface area contributed by atoms with Crippen LogP contribution in [0.5, 0.6) is 0 Å². The Morgan fingerprint density at radius 2 is 2.40 bits per heavy atom. The van der Waals surface area contributed by atoms with Crippen LogP contribution in [0.3, 0.4) is 0 Å². The third kappa shape index (κ3) is 3.33. The first-order valence-electron chi connectivity index (χ1n) is 4.20. The molecule has 0 aliphatic rings. The summed E-state index contributed by atoms with van der Waals surface area (Å²) >= 11 is 0. The number of carbonyl (C=O) groups excluding carboxylic acids is 1. The van der Waals surface area contributed by atoms with Crippen molar-refractivity contribution < 1.29 is 17.9 Å². The van der Waals surface area contributed by atoms with E-state index in [2.05, 4.69) is 19.4 Å². The molecule has 1 heterocycles. The molecule has 0 saturated carbocycles. The molecule has 0 radical (unpaired) electrons. The van der Waals surface area contributed by atoms with Crippen LogP contribution in [0.4, 0.5) is 0 Å². The summed E-state index contributed by atoms with van der Waals surface area (Å²) < 4.78 is 29.5. The number of carbonyl (C=O) groups is 1. The Kier molecular flexibility index (Phi) is 3.81. The predicted molar refractivity (Wildman–Crippen MR) is 50.4 cm³/mol. The van der Waals surface area contributed by atoms with Gasteiger partial charge in [-0.15, -0.1) is 0 Å². The Labute approximate surface area is 86.9 Å². The maximum atomic E-state index is 11.4. The zero-order chi connectivity index (χ0) is 11.3. The van der Waals surface area contributed by atoms with E-state index in [0.717, 1.165) is 6.20 Å². The number of hydrogen-bond acceptors (Lipinski definition) is 5. The lowest BCUT2D eigenvalue weighted by molar-refractivity contribution is -0.141. The number of sulfonamides is 1. The van der Waals surface area contributed by atoms with Crippen LogP contribution in [0.1, 0.15) is 6.92 Å². The number of imidazole rings is 1. The van der Waals surface area contributed by atoms with Crippen LogP contribution in [0.25, 0.3) is 0 Å². The summed E-state index contributed by atoms with van der Waals surface area (Å²) in [4.78, 5) is 16.9. The normalized spacial score (nSPS) is 11.3. The highest BCUT2D eigenvalue weighted by molar-refractivity contribution is 7.89. The fraction of sp³-hybridized carbons (Fsp3) is 0.429. The molecule has 8 heteroatoms. The van der Waals surface area contributed by atoms with Gasteiger partial charge in [0, 0.05) is 0 Å². The Morgan fingerprint density at radius 1 is 1.67 bits per heavy atom. The third-order valence-corrected chi connectivity index (χ3v) is 2.80. The molecule has 0 spiro atoms. The van der Waals surface area contributed by atoms with E-state index >= 15 is 0 Å². The van der Waals surface area contributed by atoms with Crippen molar-refractivity contribution in [3.8, 4) is 0 Å². The van der Waals surface area contributed by atoms with Crippen LogP contribution in [0, 0.1) is 0 Å². The number of ether oxygens (including phenoxy) is 1. The molecule has 0 aliphatic heterocycles. The molecule has 1 aromatic heterocycles. The highest BCUT2D eigenvalue weighted by Crippen LogP contribution is 2.00. The van der Waals surface area contributed by atoms with E-state index in [-0.39, 0.29) is 11.6 Å². The predicted octanol–water partition coefficient (Wildman–Crippen LogP) is -0.749. The van der Waals surface area contributed by atoms with Gasteiger partial charge in [0.1, 0.15) is 6.54 Å². The first-order chi connectivity index (χ1) is 7.06. The number of hydrogen-bond donors (Lipinski definition) is 2. The summed E-state index contributed by atoms with van der Waals surface area (Å²) in [6.45, 7) is 1.46. The molecule has 0 unspecified atom stereocenters. The summed E-state index contributed by atoms with van der Waals surface area (Å²) in [5.41, 5.74) is 0. The lowest BCUT2D eigenvalue weighted by atomic mass is 10.7. The molecule has 2 N–H and O–H groups in total. The maximum Gasteiger partial charge on any atom is 0.321 e. The van der Waals surface area contributed by atoms with E-state index in [0.29, 0.717) is 0 Å². The largest absolute Gasteiger partial charge is 0.465 e. The lowest BCUT2D eigenvalue weighted by Gasteiger charge is -2.03. The Hall–Kier alpha value is -1.41. The first-order valence-corrected chi connectivity index (χ1v) is 5.68. The average Bonchev–Trinajstić information content (AvgIpc) is 2.69. The van der Waals surface area contributed by atoms with Crippen molar-refractivity contribution in [3.05, 3.63) is 12.5 Å². The Bertz CT molecular complexity index is 411.